The van der Waals surface area contributed by atoms with Crippen LogP contribution < -0.4 is 26.2 Å². The molecule has 0 bridgehead atoms. The van der Waals surface area contributed by atoms with Gasteiger partial charge in [-0.25, -0.2) is 9.97 Å². The average Bonchev–Trinajstić information content (AvgIpc) is 3.89. The van der Waals surface area contributed by atoms with Crippen molar-refractivity contribution in [1.82, 2.24) is 14.5 Å². The molecule has 5 nitrogen and oxygen atoms in total. The fraction of sp³-hybridized carbons (Fsp3) is 0. The molecule has 13 aromatic rings. The number of nitrogens with zero attached hydrogens (tertiary/aromatic N) is 5. The molecule has 4 heterocycles. The summed E-state index contributed by atoms with van der Waals surface area (Å²) < 4.78 is 2.43. The van der Waals surface area contributed by atoms with Crippen molar-refractivity contribution < 1.29 is 0 Å². The number of aromatic nitrogens is 3. The van der Waals surface area contributed by atoms with E-state index in [1.807, 2.05) is 24.3 Å². The average molecular weight is 968 g/mol. The molecule has 0 fully saturated rings. The van der Waals surface area contributed by atoms with Gasteiger partial charge in [-0.15, -0.1) is 0 Å². The third-order valence-corrected chi connectivity index (χ3v) is 15.4. The molecule has 0 N–H and O–H groups in total. The molecule has 0 unspecified atom stereocenters. The maximum atomic E-state index is 5.31. The first kappa shape index (κ1) is 43.5. The number of anilines is 6. The van der Waals surface area contributed by atoms with Gasteiger partial charge < -0.3 is 14.4 Å². The zero-order chi connectivity index (χ0) is 50.1. The second-order valence-electron chi connectivity index (χ2n) is 19.7. The molecule has 76 heavy (non-hydrogen) atoms. The molecule has 354 valence electrons. The van der Waals surface area contributed by atoms with Gasteiger partial charge in [0.1, 0.15) is 0 Å². The summed E-state index contributed by atoms with van der Waals surface area (Å²) in [6.07, 6.45) is 0. The molecule has 0 radical (unpaired) electrons. The van der Waals surface area contributed by atoms with Gasteiger partial charge in [0.2, 0.25) is 0 Å². The summed E-state index contributed by atoms with van der Waals surface area (Å²) in [6.45, 7) is 0.0136. The first-order valence-corrected chi connectivity index (χ1v) is 26.0. The SMILES string of the molecule is c1ccc(-c2cc(-c3ccc(-n4c5ccccc5c5ccccc54)c(-c4ccc(-c5ccc6c7c5N(c5ccccc5)c5ccccc5B7c5ccccc5N6c5ccccc5)cc4)c3)nc(-c3ccccc3)n2)cc1. The molecule has 0 saturated carbocycles. The fourth-order valence-corrected chi connectivity index (χ4v) is 12.1. The van der Waals surface area contributed by atoms with Crippen LogP contribution in [-0.4, -0.2) is 21.2 Å². The number of benzene rings is 11. The van der Waals surface area contributed by atoms with Gasteiger partial charge in [-0.1, -0.05) is 206 Å². The Bertz CT molecular complexity index is 4230. The Kier molecular flexibility index (Phi) is 10.2. The van der Waals surface area contributed by atoms with Crippen LogP contribution in [0.3, 0.4) is 0 Å². The van der Waals surface area contributed by atoms with Gasteiger partial charge in [-0.05, 0) is 100 Å². The van der Waals surface area contributed by atoms with E-state index in [0.717, 1.165) is 72.9 Å². The van der Waals surface area contributed by atoms with Crippen LogP contribution >= 0.6 is 0 Å². The highest BCUT2D eigenvalue weighted by molar-refractivity contribution is 7.00. The molecule has 2 aliphatic rings. The van der Waals surface area contributed by atoms with E-state index in [-0.39, 0.29) is 6.71 Å². The molecule has 15 rings (SSSR count). The summed E-state index contributed by atoms with van der Waals surface area (Å²) in [5.41, 5.74) is 23.5. The van der Waals surface area contributed by atoms with E-state index >= 15 is 0 Å². The van der Waals surface area contributed by atoms with Crippen molar-refractivity contribution in [3.05, 3.63) is 279 Å². The van der Waals surface area contributed by atoms with Crippen molar-refractivity contribution in [2.24, 2.45) is 0 Å². The van der Waals surface area contributed by atoms with Gasteiger partial charge in [0.15, 0.2) is 5.82 Å². The first-order chi connectivity index (χ1) is 37.7. The van der Waals surface area contributed by atoms with Gasteiger partial charge >= 0.3 is 0 Å². The maximum Gasteiger partial charge on any atom is 0.252 e. The van der Waals surface area contributed by atoms with Crippen LogP contribution in [0.2, 0.25) is 0 Å². The summed E-state index contributed by atoms with van der Waals surface area (Å²) >= 11 is 0. The minimum Gasteiger partial charge on any atom is -0.311 e. The van der Waals surface area contributed by atoms with Crippen molar-refractivity contribution in [3.63, 3.8) is 0 Å². The summed E-state index contributed by atoms with van der Waals surface area (Å²) in [5.74, 6) is 0.688. The Balaban J connectivity index is 0.949. The zero-order valence-electron chi connectivity index (χ0n) is 41.4. The molecule has 0 spiro atoms. The van der Waals surface area contributed by atoms with Crippen LogP contribution in [0.5, 0.6) is 0 Å². The number of hydrogen-bond acceptors (Lipinski definition) is 4. The van der Waals surface area contributed by atoms with Crippen LogP contribution in [-0.2, 0) is 0 Å². The van der Waals surface area contributed by atoms with Gasteiger partial charge in [-0.3, -0.25) is 0 Å². The number of fused-ring (bicyclic) bond motifs is 7. The molecule has 0 saturated heterocycles. The van der Waals surface area contributed by atoms with Crippen LogP contribution in [0.4, 0.5) is 34.1 Å². The lowest BCUT2D eigenvalue weighted by Crippen LogP contribution is -2.61. The van der Waals surface area contributed by atoms with Crippen molar-refractivity contribution in [2.75, 3.05) is 9.80 Å². The van der Waals surface area contributed by atoms with Crippen molar-refractivity contribution in [3.8, 4) is 61.8 Å². The van der Waals surface area contributed by atoms with Crippen LogP contribution in [0, 0.1) is 0 Å². The van der Waals surface area contributed by atoms with Crippen molar-refractivity contribution >= 4 is 79.0 Å². The predicted molar refractivity (Wildman–Crippen MR) is 318 cm³/mol. The Morgan fingerprint density at radius 1 is 0.303 bits per heavy atom. The minimum absolute atomic E-state index is 0.0136. The Hall–Kier alpha value is -10.0. The van der Waals surface area contributed by atoms with Gasteiger partial charge in [0, 0.05) is 67.0 Å². The normalized spacial score (nSPS) is 12.4. The van der Waals surface area contributed by atoms with E-state index in [1.165, 1.54) is 55.5 Å². The fourth-order valence-electron chi connectivity index (χ4n) is 12.1. The lowest BCUT2D eigenvalue weighted by atomic mass is 9.33. The van der Waals surface area contributed by atoms with E-state index in [0.29, 0.717) is 5.82 Å². The zero-order valence-corrected chi connectivity index (χ0v) is 41.4. The van der Waals surface area contributed by atoms with E-state index < -0.39 is 0 Å². The molecule has 0 aliphatic carbocycles. The summed E-state index contributed by atoms with van der Waals surface area (Å²) in [4.78, 5) is 15.4. The number of hydrogen-bond donors (Lipinski definition) is 0. The monoisotopic (exact) mass is 967 g/mol. The van der Waals surface area contributed by atoms with Crippen LogP contribution in [0.1, 0.15) is 0 Å². The van der Waals surface area contributed by atoms with Crippen molar-refractivity contribution in [2.45, 2.75) is 0 Å². The molecule has 6 heteroatoms. The highest BCUT2D eigenvalue weighted by Crippen LogP contribution is 2.48. The highest BCUT2D eigenvalue weighted by atomic mass is 15.2. The lowest BCUT2D eigenvalue weighted by Gasteiger charge is -2.45. The molecule has 11 aromatic carbocycles. The van der Waals surface area contributed by atoms with Crippen molar-refractivity contribution in [1.29, 1.82) is 0 Å². The molecule has 2 aliphatic heterocycles. The summed E-state index contributed by atoms with van der Waals surface area (Å²) in [7, 11) is 0. The van der Waals surface area contributed by atoms with E-state index in [4.69, 9.17) is 9.97 Å². The first-order valence-electron chi connectivity index (χ1n) is 26.0. The summed E-state index contributed by atoms with van der Waals surface area (Å²) in [5, 5.41) is 2.44. The van der Waals surface area contributed by atoms with Gasteiger partial charge in [0.05, 0.1) is 33.8 Å². The summed E-state index contributed by atoms with van der Waals surface area (Å²) in [6, 6.07) is 101. The minimum atomic E-state index is 0.0136. The second kappa shape index (κ2) is 17.9. The Labute approximate surface area is 442 Å². The highest BCUT2D eigenvalue weighted by Gasteiger charge is 2.44. The Morgan fingerprint density at radius 2 is 0.763 bits per heavy atom. The topological polar surface area (TPSA) is 37.2 Å². The maximum absolute atomic E-state index is 5.31. The molecular weight excluding hydrogens is 922 g/mol. The third kappa shape index (κ3) is 7.03. The molecule has 2 aromatic heterocycles. The van der Waals surface area contributed by atoms with E-state index in [9.17, 15) is 0 Å². The molecule has 0 atom stereocenters. The Morgan fingerprint density at radius 3 is 1.38 bits per heavy atom. The molecular formula is C70H46BN5. The van der Waals surface area contributed by atoms with Gasteiger partial charge in [-0.2, -0.15) is 0 Å². The van der Waals surface area contributed by atoms with E-state index in [1.54, 1.807) is 0 Å². The van der Waals surface area contributed by atoms with Crippen LogP contribution in [0.25, 0.3) is 83.6 Å². The quantitative estimate of drug-likeness (QED) is 0.142. The largest absolute Gasteiger partial charge is 0.311 e. The second-order valence-corrected chi connectivity index (χ2v) is 19.7. The third-order valence-electron chi connectivity index (χ3n) is 15.4. The van der Waals surface area contributed by atoms with Gasteiger partial charge in [0.25, 0.3) is 6.71 Å². The number of para-hydroxylation sites is 6. The van der Waals surface area contributed by atoms with Crippen LogP contribution in [0.15, 0.2) is 279 Å². The number of rotatable bonds is 8. The lowest BCUT2D eigenvalue weighted by molar-refractivity contribution is 1.17. The van der Waals surface area contributed by atoms with E-state index in [2.05, 4.69) is 269 Å². The predicted octanol–water partition coefficient (Wildman–Crippen LogP) is 16.0. The molecule has 0 amide bonds. The standard InChI is InChI=1S/C70H46BN5/c1-5-21-49(22-6-1)60-46-61(73-70(72-60)50-23-7-2-8-24-50)51-41-43-64(76-62-33-17-13-29-55(62)56-30-14-18-34-63(56)76)57(45-51)48-39-37-47(38-40-48)54-42-44-67-68-69(54)75(53-27-11-4-12-28-53)66-36-20-16-32-59(66)71(68)58-31-15-19-35-65(58)74(67)52-25-9-3-10-26-52/h1-46H. The smallest absolute Gasteiger partial charge is 0.252 e.